The van der Waals surface area contributed by atoms with Crippen LogP contribution in [-0.2, 0) is 9.53 Å². The van der Waals surface area contributed by atoms with E-state index in [0.29, 0.717) is 6.54 Å². The van der Waals surface area contributed by atoms with Crippen molar-refractivity contribution in [2.45, 2.75) is 38.8 Å². The third kappa shape index (κ3) is 4.39. The van der Waals surface area contributed by atoms with Gasteiger partial charge in [0.25, 0.3) is 0 Å². The minimum Gasteiger partial charge on any atom is -0.453 e. The summed E-state index contributed by atoms with van der Waals surface area (Å²) in [5.41, 5.74) is 0. The van der Waals surface area contributed by atoms with Gasteiger partial charge in [-0.2, -0.15) is 0 Å². The molecule has 120 valence electrons. The van der Waals surface area contributed by atoms with Crippen LogP contribution in [0.15, 0.2) is 6.20 Å². The van der Waals surface area contributed by atoms with E-state index in [1.54, 1.807) is 11.1 Å². The van der Waals surface area contributed by atoms with Gasteiger partial charge in [-0.05, 0) is 24.6 Å². The van der Waals surface area contributed by atoms with Gasteiger partial charge < -0.3 is 24.9 Å². The molecular weight excluding hydrogens is 504 g/mol. The molecule has 2 amide bonds. The Labute approximate surface area is 162 Å². The molecule has 0 aromatic carbocycles. The van der Waals surface area contributed by atoms with Crippen LogP contribution in [0.4, 0.5) is 4.79 Å². The Morgan fingerprint density at radius 1 is 1.55 bits per heavy atom. The van der Waals surface area contributed by atoms with Crippen molar-refractivity contribution in [3.63, 3.8) is 0 Å². The van der Waals surface area contributed by atoms with Crippen LogP contribution in [0, 0.1) is 52.1 Å². The van der Waals surface area contributed by atoms with Gasteiger partial charge in [0, 0.05) is 52.5 Å². The van der Waals surface area contributed by atoms with Crippen LogP contribution in [0.2, 0.25) is 0 Å². The summed E-state index contributed by atoms with van der Waals surface area (Å²) < 4.78 is 4.60. The van der Waals surface area contributed by atoms with Gasteiger partial charge in [-0.1, -0.05) is 20.0 Å². The number of likely N-dealkylation sites (tertiary alicyclic amines) is 1. The number of hydrogen-bond donors (Lipinski definition) is 2. The topological polar surface area (TPSA) is 87.3 Å². The number of methoxy groups -OCH3 is 1. The zero-order chi connectivity index (χ0) is 15.4. The second-order valence-corrected chi connectivity index (χ2v) is 5.46. The van der Waals surface area contributed by atoms with Gasteiger partial charge in [0.2, 0.25) is 5.91 Å². The summed E-state index contributed by atoms with van der Waals surface area (Å²) in [4.78, 5) is 33.1. The minimum absolute atomic E-state index is 0. The van der Waals surface area contributed by atoms with Crippen molar-refractivity contribution in [1.29, 1.82) is 0 Å². The largest absolute Gasteiger partial charge is 0.453 e. The van der Waals surface area contributed by atoms with Crippen molar-refractivity contribution in [2.75, 3.05) is 13.7 Å². The molecule has 7 nitrogen and oxygen atoms in total. The Balaban J connectivity index is 0.00000242. The van der Waals surface area contributed by atoms with Gasteiger partial charge in [-0.3, -0.25) is 4.79 Å². The molecule has 0 radical (unpaired) electrons. The van der Waals surface area contributed by atoms with E-state index in [2.05, 4.69) is 26.2 Å². The Morgan fingerprint density at radius 2 is 2.27 bits per heavy atom. The zero-order valence-electron chi connectivity index (χ0n) is 13.0. The molecule has 0 spiro atoms. The number of imidazole rings is 1. The Bertz CT molecular complexity index is 492. The fraction of sp³-hybridized carbons (Fsp3) is 0.643. The van der Waals surface area contributed by atoms with Crippen LogP contribution in [-0.4, -0.2) is 46.6 Å². The van der Waals surface area contributed by atoms with Crippen molar-refractivity contribution >= 4 is 12.0 Å². The SMILES string of the molecule is COC(=O)N[C@H](C(=O)N1CCC[C@H]1c1n[c-]c[nH]1)C(C)C.[Th]. The fourth-order valence-corrected chi connectivity index (χ4v) is 2.60. The summed E-state index contributed by atoms with van der Waals surface area (Å²) >= 11 is 0. The van der Waals surface area contributed by atoms with Crippen LogP contribution in [0.5, 0.6) is 0 Å². The first-order valence-corrected chi connectivity index (χ1v) is 7.11. The second-order valence-electron chi connectivity index (χ2n) is 5.46. The molecule has 2 N–H and O–H groups in total. The van der Waals surface area contributed by atoms with Gasteiger partial charge in [0.05, 0.1) is 7.11 Å². The van der Waals surface area contributed by atoms with Gasteiger partial charge in [-0.15, -0.1) is 6.20 Å². The molecule has 0 bridgehead atoms. The minimum atomic E-state index is -0.600. The first-order chi connectivity index (χ1) is 10.0. The monoisotopic (exact) mass is 525 g/mol. The number of alkyl carbamates (subject to hydrolysis) is 1. The van der Waals surface area contributed by atoms with E-state index in [4.69, 9.17) is 0 Å². The molecule has 0 saturated carbocycles. The smallest absolute Gasteiger partial charge is 0.407 e. The molecule has 0 unspecified atom stereocenters. The molecule has 1 aliphatic rings. The molecule has 1 aromatic rings. The maximum Gasteiger partial charge on any atom is 0.407 e. The van der Waals surface area contributed by atoms with E-state index in [1.165, 1.54) is 7.11 Å². The number of aromatic nitrogens is 2. The van der Waals surface area contributed by atoms with E-state index in [0.717, 1.165) is 18.7 Å². The van der Waals surface area contributed by atoms with E-state index in [9.17, 15) is 9.59 Å². The van der Waals surface area contributed by atoms with Gasteiger partial charge in [-0.25, -0.2) is 4.79 Å². The molecular formula is C14H21N4O3Th-. The van der Waals surface area contributed by atoms with E-state index < -0.39 is 12.1 Å². The molecule has 2 heterocycles. The van der Waals surface area contributed by atoms with Crippen LogP contribution in [0.1, 0.15) is 38.6 Å². The molecule has 2 atom stereocenters. The van der Waals surface area contributed by atoms with Gasteiger partial charge >= 0.3 is 6.09 Å². The van der Waals surface area contributed by atoms with Crippen LogP contribution in [0.3, 0.4) is 0 Å². The number of ether oxygens (including phenoxy) is 1. The summed E-state index contributed by atoms with van der Waals surface area (Å²) in [7, 11) is 1.29. The number of aromatic amines is 1. The third-order valence-electron chi connectivity index (χ3n) is 3.71. The first kappa shape index (κ1) is 19.3. The predicted octanol–water partition coefficient (Wildman–Crippen LogP) is 1.25. The fourth-order valence-electron chi connectivity index (χ4n) is 2.60. The maximum absolute atomic E-state index is 12.7. The zero-order valence-corrected chi connectivity index (χ0v) is 17.2. The number of carbonyl (C=O) groups excluding carboxylic acids is 2. The normalized spacial score (nSPS) is 18.7. The average molecular weight is 525 g/mol. The summed E-state index contributed by atoms with van der Waals surface area (Å²) in [6, 6.07) is -0.679. The second kappa shape index (κ2) is 8.79. The number of H-pyrrole nitrogens is 1. The quantitative estimate of drug-likeness (QED) is 0.580. The Morgan fingerprint density at radius 3 is 2.82 bits per heavy atom. The first-order valence-electron chi connectivity index (χ1n) is 7.11. The van der Waals surface area contributed by atoms with Crippen molar-refractivity contribution in [3.05, 3.63) is 18.2 Å². The Hall–Kier alpha value is -0.725. The molecule has 8 heteroatoms. The van der Waals surface area contributed by atoms with Crippen molar-refractivity contribution in [2.24, 2.45) is 5.92 Å². The maximum atomic E-state index is 12.7. The summed E-state index contributed by atoms with van der Waals surface area (Å²) in [5, 5.41) is 2.62. The number of hydrogen-bond acceptors (Lipinski definition) is 4. The molecule has 1 saturated heterocycles. The number of amides is 2. The summed E-state index contributed by atoms with van der Waals surface area (Å²) in [5.74, 6) is 0.608. The molecule has 22 heavy (non-hydrogen) atoms. The molecule has 1 fully saturated rings. The van der Waals surface area contributed by atoms with Crippen LogP contribution >= 0.6 is 0 Å². The summed E-state index contributed by atoms with van der Waals surface area (Å²) in [6.07, 6.45) is 5.53. The van der Waals surface area contributed by atoms with E-state index >= 15 is 0 Å². The molecule has 2 rings (SSSR count). The number of carbonyl (C=O) groups is 2. The van der Waals surface area contributed by atoms with Crippen molar-refractivity contribution < 1.29 is 54.3 Å². The van der Waals surface area contributed by atoms with Crippen molar-refractivity contribution in [3.8, 4) is 0 Å². The summed E-state index contributed by atoms with van der Waals surface area (Å²) in [6.45, 7) is 4.45. The molecule has 0 aliphatic carbocycles. The molecule has 1 aliphatic heterocycles. The molecule has 1 aromatic heterocycles. The number of nitrogens with one attached hydrogen (secondary N) is 2. The van der Waals surface area contributed by atoms with Crippen molar-refractivity contribution in [1.82, 2.24) is 20.2 Å². The standard InChI is InChI=1S/C14H21N4O3.Th/c1-9(2)11(17-14(20)21-3)13(19)18-8-4-5-10(18)12-15-6-7-16-12;/h6,9-11H,4-5,8H2,1-3H3,(H,15,16)(H,17,20);/q-1;/t10-,11-;/m0./s1. The van der Waals surface area contributed by atoms with Crippen LogP contribution in [0.25, 0.3) is 0 Å². The predicted molar refractivity (Wildman–Crippen MR) is 75.3 cm³/mol. The average Bonchev–Trinajstić information content (AvgIpc) is 3.12. The Kier molecular flexibility index (Phi) is 7.72. The van der Waals surface area contributed by atoms with Gasteiger partial charge in [0.15, 0.2) is 0 Å². The number of nitrogens with zero attached hydrogens (tertiary/aromatic N) is 2. The third-order valence-corrected chi connectivity index (χ3v) is 3.71. The van der Waals surface area contributed by atoms with E-state index in [-0.39, 0.29) is 57.8 Å². The van der Waals surface area contributed by atoms with E-state index in [1.807, 2.05) is 13.8 Å². The number of rotatable bonds is 4. The van der Waals surface area contributed by atoms with Gasteiger partial charge in [0.1, 0.15) is 6.04 Å². The van der Waals surface area contributed by atoms with Crippen LogP contribution < -0.4 is 5.32 Å².